The van der Waals surface area contributed by atoms with E-state index in [0.717, 1.165) is 89.8 Å². The Hall–Kier alpha value is -7.18. The lowest BCUT2D eigenvalue weighted by atomic mass is 9.91. The second-order valence-electron chi connectivity index (χ2n) is 13.5. The molecule has 0 aliphatic carbocycles. The molecule has 6 aromatic carbocycles. The molecule has 8 bridgehead atoms. The van der Waals surface area contributed by atoms with Crippen molar-refractivity contribution in [1.82, 2.24) is 14.5 Å². The minimum atomic E-state index is 0.564. The summed E-state index contributed by atoms with van der Waals surface area (Å²) in [7, 11) is 0. The van der Waals surface area contributed by atoms with Gasteiger partial charge < -0.3 is 14.5 Å². The van der Waals surface area contributed by atoms with Crippen LogP contribution in [0.4, 0.5) is 22.9 Å². The molecule has 0 saturated carbocycles. The zero-order valence-corrected chi connectivity index (χ0v) is 28.6. The van der Waals surface area contributed by atoms with Gasteiger partial charge in [-0.05, 0) is 59.7 Å². The third-order valence-electron chi connectivity index (χ3n) is 10.5. The van der Waals surface area contributed by atoms with E-state index in [1.807, 2.05) is 24.4 Å². The van der Waals surface area contributed by atoms with Crippen LogP contribution in [0.5, 0.6) is 11.5 Å². The molecule has 2 aliphatic rings. The van der Waals surface area contributed by atoms with E-state index in [2.05, 4.69) is 166 Å². The standard InChI is InChI=1S/C47H31N5O/c1-2-12-31(13-3-1)34-17-10-18-39-35-14-4-5-15-36(35)40-19-11-23-45(49-40)52-41-20-7-6-16-37(41)38-25-24-32(28-44(38)52)53-33-26-27-48-46(29-33)50-30-51(47(34)39)43-22-9-8-21-42(43)50/h1-29H,30H2. The molecule has 0 N–H and O–H groups in total. The molecule has 0 radical (unpaired) electrons. The van der Waals surface area contributed by atoms with Crippen molar-refractivity contribution in [2.75, 3.05) is 16.5 Å². The number of hydrogen-bond donors (Lipinski definition) is 0. The van der Waals surface area contributed by atoms with Crippen LogP contribution in [-0.2, 0) is 0 Å². The van der Waals surface area contributed by atoms with E-state index in [4.69, 9.17) is 14.7 Å². The van der Waals surface area contributed by atoms with Crippen molar-refractivity contribution in [3.8, 4) is 50.8 Å². The Labute approximate surface area is 306 Å². The van der Waals surface area contributed by atoms with Crippen molar-refractivity contribution in [3.05, 3.63) is 176 Å². The van der Waals surface area contributed by atoms with Gasteiger partial charge in [-0.2, -0.15) is 0 Å². The van der Waals surface area contributed by atoms with E-state index in [1.54, 1.807) is 0 Å². The molecule has 11 rings (SSSR count). The fraction of sp³-hybridized carbons (Fsp3) is 0.0213. The smallest absolute Gasteiger partial charge is 0.138 e. The van der Waals surface area contributed by atoms with Gasteiger partial charge >= 0.3 is 0 Å². The predicted molar refractivity (Wildman–Crippen MR) is 215 cm³/mol. The van der Waals surface area contributed by atoms with Gasteiger partial charge in [-0.1, -0.05) is 109 Å². The van der Waals surface area contributed by atoms with Crippen LogP contribution in [0.3, 0.4) is 0 Å². The van der Waals surface area contributed by atoms with Crippen LogP contribution in [-0.4, -0.2) is 21.2 Å². The van der Waals surface area contributed by atoms with Gasteiger partial charge in [-0.3, -0.25) is 4.57 Å². The highest BCUT2D eigenvalue weighted by molar-refractivity contribution is 6.09. The summed E-state index contributed by atoms with van der Waals surface area (Å²) in [6.45, 7) is 0.564. The third-order valence-corrected chi connectivity index (χ3v) is 10.5. The molecule has 0 saturated heterocycles. The first-order valence-corrected chi connectivity index (χ1v) is 17.9. The average Bonchev–Trinajstić information content (AvgIpc) is 3.77. The lowest BCUT2D eigenvalue weighted by Crippen LogP contribution is -2.25. The first-order chi connectivity index (χ1) is 26.3. The van der Waals surface area contributed by atoms with Gasteiger partial charge in [-0.15, -0.1) is 0 Å². The summed E-state index contributed by atoms with van der Waals surface area (Å²) in [5.74, 6) is 3.11. The van der Waals surface area contributed by atoms with Gasteiger partial charge in [-0.25, -0.2) is 9.97 Å². The van der Waals surface area contributed by atoms with Gasteiger partial charge in [0.15, 0.2) is 0 Å². The number of benzene rings is 6. The van der Waals surface area contributed by atoms with Gasteiger partial charge in [0.1, 0.15) is 29.8 Å². The maximum absolute atomic E-state index is 6.64. The average molecular weight is 682 g/mol. The predicted octanol–water partition coefficient (Wildman–Crippen LogP) is 11.9. The van der Waals surface area contributed by atoms with Crippen LogP contribution < -0.4 is 14.5 Å². The van der Waals surface area contributed by atoms with Crippen LogP contribution in [0.15, 0.2) is 176 Å². The largest absolute Gasteiger partial charge is 0.457 e. The monoisotopic (exact) mass is 681 g/mol. The molecule has 6 nitrogen and oxygen atoms in total. The van der Waals surface area contributed by atoms with Crippen molar-refractivity contribution in [1.29, 1.82) is 0 Å². The fourth-order valence-electron chi connectivity index (χ4n) is 8.15. The number of ether oxygens (including phenoxy) is 1. The van der Waals surface area contributed by atoms with E-state index in [9.17, 15) is 0 Å². The summed E-state index contributed by atoms with van der Waals surface area (Å²) in [6, 6.07) is 59.7. The van der Waals surface area contributed by atoms with Gasteiger partial charge in [0.2, 0.25) is 0 Å². The molecule has 0 spiro atoms. The highest BCUT2D eigenvalue weighted by Gasteiger charge is 2.32. The molecule has 250 valence electrons. The molecule has 53 heavy (non-hydrogen) atoms. The highest BCUT2D eigenvalue weighted by atomic mass is 16.5. The number of nitrogens with zero attached hydrogens (tertiary/aromatic N) is 5. The SMILES string of the molecule is c1ccc(-c2cccc3c2N2CN(c4cc(ccn4)Oc4ccc5c6ccccc6n(c5c4)-c4cccc(n4)-c4ccccc4-3)c3ccccc32)cc1. The second-order valence-corrected chi connectivity index (χ2v) is 13.5. The van der Waals surface area contributed by atoms with Crippen LogP contribution in [0.2, 0.25) is 0 Å². The van der Waals surface area contributed by atoms with E-state index in [-0.39, 0.29) is 0 Å². The Morgan fingerprint density at radius 1 is 0.472 bits per heavy atom. The second kappa shape index (κ2) is 11.7. The van der Waals surface area contributed by atoms with E-state index < -0.39 is 0 Å². The number of pyridine rings is 2. The van der Waals surface area contributed by atoms with Crippen molar-refractivity contribution in [2.45, 2.75) is 0 Å². The quantitative estimate of drug-likeness (QED) is 0.173. The molecule has 5 heterocycles. The molecule has 9 aromatic rings. The van der Waals surface area contributed by atoms with E-state index in [0.29, 0.717) is 12.4 Å². The lowest BCUT2D eigenvalue weighted by Gasteiger charge is -2.27. The van der Waals surface area contributed by atoms with Crippen LogP contribution in [0, 0.1) is 0 Å². The summed E-state index contributed by atoms with van der Waals surface area (Å²) in [6.07, 6.45) is 1.83. The van der Waals surface area contributed by atoms with Gasteiger partial charge in [0.05, 0.1) is 33.8 Å². The molecule has 0 fully saturated rings. The highest BCUT2D eigenvalue weighted by Crippen LogP contribution is 2.51. The van der Waals surface area contributed by atoms with Crippen LogP contribution >= 0.6 is 0 Å². The topological polar surface area (TPSA) is 46.4 Å². The first kappa shape index (κ1) is 29.5. The number of rotatable bonds is 1. The minimum absolute atomic E-state index is 0.564. The Morgan fingerprint density at radius 2 is 1.17 bits per heavy atom. The molecule has 6 heteroatoms. The summed E-state index contributed by atoms with van der Waals surface area (Å²) in [4.78, 5) is 15.0. The molecular weight excluding hydrogens is 651 g/mol. The Bertz CT molecular complexity index is 2880. The van der Waals surface area contributed by atoms with Crippen molar-refractivity contribution in [2.24, 2.45) is 0 Å². The van der Waals surface area contributed by atoms with E-state index in [1.165, 1.54) is 0 Å². The van der Waals surface area contributed by atoms with Crippen molar-refractivity contribution >= 4 is 44.7 Å². The van der Waals surface area contributed by atoms with E-state index >= 15 is 0 Å². The number of para-hydroxylation sites is 4. The summed E-state index contributed by atoms with van der Waals surface area (Å²) < 4.78 is 8.89. The Morgan fingerprint density at radius 3 is 2.08 bits per heavy atom. The Kier molecular flexibility index (Phi) is 6.51. The number of fused-ring (bicyclic) bond motifs is 20. The molecule has 2 aliphatic heterocycles. The molecule has 0 atom stereocenters. The van der Waals surface area contributed by atoms with Crippen LogP contribution in [0.25, 0.3) is 61.1 Å². The normalized spacial score (nSPS) is 12.9. The molecule has 3 aromatic heterocycles. The molecule has 0 unspecified atom stereocenters. The lowest BCUT2D eigenvalue weighted by molar-refractivity contribution is 0.482. The van der Waals surface area contributed by atoms with Crippen molar-refractivity contribution < 1.29 is 4.74 Å². The first-order valence-electron chi connectivity index (χ1n) is 17.9. The van der Waals surface area contributed by atoms with Crippen molar-refractivity contribution in [3.63, 3.8) is 0 Å². The third kappa shape index (κ3) is 4.66. The summed E-state index contributed by atoms with van der Waals surface area (Å²) in [5, 5.41) is 2.30. The van der Waals surface area contributed by atoms with Crippen LogP contribution in [0.1, 0.15) is 0 Å². The molecule has 0 amide bonds. The molecular formula is C47H31N5O. The van der Waals surface area contributed by atoms with Gasteiger partial charge in [0, 0.05) is 45.8 Å². The van der Waals surface area contributed by atoms with Gasteiger partial charge in [0.25, 0.3) is 0 Å². The number of hydrogen-bond acceptors (Lipinski definition) is 5. The summed E-state index contributed by atoms with van der Waals surface area (Å²) in [5.41, 5.74) is 11.9. The zero-order valence-electron chi connectivity index (χ0n) is 28.6. The maximum Gasteiger partial charge on any atom is 0.138 e. The number of anilines is 4. The minimum Gasteiger partial charge on any atom is -0.457 e. The number of aromatic nitrogens is 3. The fourth-order valence-corrected chi connectivity index (χ4v) is 8.15. The zero-order chi connectivity index (χ0) is 34.9. The maximum atomic E-state index is 6.64. The Balaban J connectivity index is 1.24. The summed E-state index contributed by atoms with van der Waals surface area (Å²) >= 11 is 0.